The largest absolute Gasteiger partial charge is 0.490 e. The monoisotopic (exact) mass is 580 g/mol. The van der Waals surface area contributed by atoms with Gasteiger partial charge in [0.25, 0.3) is 11.5 Å². The first kappa shape index (κ1) is 27.0. The third-order valence-corrected chi connectivity index (χ3v) is 5.94. The second-order valence-electron chi connectivity index (χ2n) is 8.60. The van der Waals surface area contributed by atoms with Crippen molar-refractivity contribution in [3.8, 4) is 11.5 Å². The fourth-order valence-corrected chi connectivity index (χ4v) is 4.02. The van der Waals surface area contributed by atoms with Crippen LogP contribution in [0.25, 0.3) is 10.9 Å². The number of amides is 1. The number of aromatic nitrogens is 2. The standard InChI is InChI=1S/C28H26BrFN4O4/c1-4-37-25-13-18(9-12-24(25)38-16-26(35)32-23-8-6-5-7-21(23)30)15-31-34-27(17(2)3)33-22-11-10-19(29)14-20(22)28(34)36/h5-15,17H,4,16H2,1-3H3,(H,32,35). The van der Waals surface area contributed by atoms with Crippen molar-refractivity contribution >= 4 is 44.6 Å². The molecule has 0 radical (unpaired) electrons. The number of fused-ring (bicyclic) bond motifs is 1. The topological polar surface area (TPSA) is 94.8 Å². The van der Waals surface area contributed by atoms with Gasteiger partial charge in [-0.3, -0.25) is 9.59 Å². The van der Waals surface area contributed by atoms with Crippen LogP contribution >= 0.6 is 15.9 Å². The summed E-state index contributed by atoms with van der Waals surface area (Å²) in [5.74, 6) is 0.176. The van der Waals surface area contributed by atoms with Crippen molar-refractivity contribution < 1.29 is 18.7 Å². The van der Waals surface area contributed by atoms with Crippen LogP contribution in [-0.4, -0.2) is 35.0 Å². The lowest BCUT2D eigenvalue weighted by Crippen LogP contribution is -2.23. The van der Waals surface area contributed by atoms with E-state index in [0.29, 0.717) is 40.4 Å². The lowest BCUT2D eigenvalue weighted by molar-refractivity contribution is -0.118. The molecule has 4 rings (SSSR count). The number of carbonyl (C=O) groups is 1. The van der Waals surface area contributed by atoms with Crippen molar-refractivity contribution in [2.24, 2.45) is 5.10 Å². The van der Waals surface area contributed by atoms with Gasteiger partial charge in [0.15, 0.2) is 18.1 Å². The Hall–Kier alpha value is -4.05. The van der Waals surface area contributed by atoms with Gasteiger partial charge in [-0.25, -0.2) is 9.37 Å². The number of para-hydroxylation sites is 1. The molecule has 0 saturated heterocycles. The van der Waals surface area contributed by atoms with E-state index >= 15 is 0 Å². The lowest BCUT2D eigenvalue weighted by atomic mass is 10.2. The molecule has 0 saturated carbocycles. The van der Waals surface area contributed by atoms with Gasteiger partial charge in [-0.1, -0.05) is 41.9 Å². The SMILES string of the molecule is CCOc1cc(C=Nn2c(C(C)C)nc3ccc(Br)cc3c2=O)ccc1OCC(=O)Nc1ccccc1F. The summed E-state index contributed by atoms with van der Waals surface area (Å²) in [5.41, 5.74) is 1.05. The summed E-state index contributed by atoms with van der Waals surface area (Å²) in [7, 11) is 0. The highest BCUT2D eigenvalue weighted by atomic mass is 79.9. The number of carbonyl (C=O) groups excluding carboxylic acids is 1. The fraction of sp³-hybridized carbons (Fsp3) is 0.214. The van der Waals surface area contributed by atoms with Gasteiger partial charge in [-0.05, 0) is 61.0 Å². The zero-order valence-electron chi connectivity index (χ0n) is 21.1. The van der Waals surface area contributed by atoms with Gasteiger partial charge in [0.1, 0.15) is 11.6 Å². The number of anilines is 1. The third kappa shape index (κ3) is 6.25. The van der Waals surface area contributed by atoms with Crippen LogP contribution in [0.2, 0.25) is 0 Å². The van der Waals surface area contributed by atoms with Gasteiger partial charge in [-0.15, -0.1) is 0 Å². The van der Waals surface area contributed by atoms with Crippen LogP contribution in [0, 0.1) is 5.82 Å². The summed E-state index contributed by atoms with van der Waals surface area (Å²) >= 11 is 3.40. The molecule has 1 amide bonds. The Morgan fingerprint density at radius 1 is 1.13 bits per heavy atom. The van der Waals surface area contributed by atoms with Crippen molar-refractivity contribution in [2.75, 3.05) is 18.5 Å². The molecule has 0 aliphatic heterocycles. The van der Waals surface area contributed by atoms with E-state index in [0.717, 1.165) is 4.47 Å². The van der Waals surface area contributed by atoms with Crippen LogP contribution in [-0.2, 0) is 4.79 Å². The average molecular weight is 581 g/mol. The molecule has 1 aromatic heterocycles. The fourth-order valence-electron chi connectivity index (χ4n) is 3.66. The summed E-state index contributed by atoms with van der Waals surface area (Å²) < 4.78 is 27.2. The van der Waals surface area contributed by atoms with E-state index in [2.05, 4.69) is 31.3 Å². The first-order chi connectivity index (χ1) is 18.3. The normalized spacial score (nSPS) is 11.3. The van der Waals surface area contributed by atoms with Gasteiger partial charge in [0, 0.05) is 10.4 Å². The summed E-state index contributed by atoms with van der Waals surface area (Å²) in [6, 6.07) is 16.3. The van der Waals surface area contributed by atoms with E-state index in [1.165, 1.54) is 29.1 Å². The van der Waals surface area contributed by atoms with E-state index in [4.69, 9.17) is 9.47 Å². The van der Waals surface area contributed by atoms with Crippen molar-refractivity contribution in [1.82, 2.24) is 9.66 Å². The molecule has 0 aliphatic rings. The minimum atomic E-state index is -0.534. The summed E-state index contributed by atoms with van der Waals surface area (Å²) in [6.45, 7) is 5.73. The Bertz CT molecular complexity index is 1570. The Morgan fingerprint density at radius 3 is 2.66 bits per heavy atom. The highest BCUT2D eigenvalue weighted by Crippen LogP contribution is 2.28. The number of ether oxygens (including phenoxy) is 2. The number of nitrogens with zero attached hydrogens (tertiary/aromatic N) is 3. The molecular formula is C28H26BrFN4O4. The Balaban J connectivity index is 1.57. The van der Waals surface area contributed by atoms with Crippen LogP contribution in [0.5, 0.6) is 11.5 Å². The number of hydrogen-bond acceptors (Lipinski definition) is 6. The molecule has 3 aromatic carbocycles. The highest BCUT2D eigenvalue weighted by molar-refractivity contribution is 9.10. The van der Waals surface area contributed by atoms with Crippen LogP contribution in [0.3, 0.4) is 0 Å². The maximum absolute atomic E-state index is 13.8. The van der Waals surface area contributed by atoms with E-state index in [-0.39, 0.29) is 23.8 Å². The van der Waals surface area contributed by atoms with Gasteiger partial charge >= 0.3 is 0 Å². The molecule has 0 fully saturated rings. The zero-order chi connectivity index (χ0) is 27.2. The number of halogens is 2. The number of hydrogen-bond donors (Lipinski definition) is 1. The second-order valence-corrected chi connectivity index (χ2v) is 9.52. The van der Waals surface area contributed by atoms with Crippen molar-refractivity contribution in [3.63, 3.8) is 0 Å². The predicted molar refractivity (Wildman–Crippen MR) is 149 cm³/mol. The van der Waals surface area contributed by atoms with Crippen LogP contribution in [0.4, 0.5) is 10.1 Å². The molecule has 0 bridgehead atoms. The molecule has 0 aliphatic carbocycles. The van der Waals surface area contributed by atoms with Gasteiger partial charge < -0.3 is 14.8 Å². The zero-order valence-corrected chi connectivity index (χ0v) is 22.7. The minimum absolute atomic E-state index is 0.0434. The molecule has 0 atom stereocenters. The number of nitrogens with one attached hydrogen (secondary N) is 1. The quantitative estimate of drug-likeness (QED) is 0.255. The molecular weight excluding hydrogens is 555 g/mol. The predicted octanol–water partition coefficient (Wildman–Crippen LogP) is 5.72. The van der Waals surface area contributed by atoms with Gasteiger partial charge in [0.05, 0.1) is 29.4 Å². The van der Waals surface area contributed by atoms with E-state index < -0.39 is 11.7 Å². The van der Waals surface area contributed by atoms with Crippen molar-refractivity contribution in [3.05, 3.63) is 92.7 Å². The van der Waals surface area contributed by atoms with Gasteiger partial charge in [-0.2, -0.15) is 9.78 Å². The number of benzene rings is 3. The summed E-state index contributed by atoms with van der Waals surface area (Å²) in [6.07, 6.45) is 1.54. The van der Waals surface area contributed by atoms with E-state index in [1.54, 1.807) is 36.4 Å². The first-order valence-electron chi connectivity index (χ1n) is 12.0. The first-order valence-corrected chi connectivity index (χ1v) is 12.8. The summed E-state index contributed by atoms with van der Waals surface area (Å²) in [5, 5.41) is 7.37. The third-order valence-electron chi connectivity index (χ3n) is 5.45. The highest BCUT2D eigenvalue weighted by Gasteiger charge is 2.14. The van der Waals surface area contributed by atoms with E-state index in [1.807, 2.05) is 26.8 Å². The minimum Gasteiger partial charge on any atom is -0.490 e. The molecule has 196 valence electrons. The molecule has 1 heterocycles. The van der Waals surface area contributed by atoms with Gasteiger partial charge in [0.2, 0.25) is 0 Å². The van der Waals surface area contributed by atoms with Crippen molar-refractivity contribution in [1.29, 1.82) is 0 Å². The van der Waals surface area contributed by atoms with E-state index in [9.17, 15) is 14.0 Å². The Morgan fingerprint density at radius 2 is 1.92 bits per heavy atom. The molecule has 1 N–H and O–H groups in total. The van der Waals surface area contributed by atoms with Crippen LogP contribution < -0.4 is 20.3 Å². The molecule has 8 nitrogen and oxygen atoms in total. The molecule has 38 heavy (non-hydrogen) atoms. The smallest absolute Gasteiger partial charge is 0.282 e. The van der Waals surface area contributed by atoms with Crippen LogP contribution in [0.1, 0.15) is 38.1 Å². The van der Waals surface area contributed by atoms with Crippen LogP contribution in [0.15, 0.2) is 75.0 Å². The summed E-state index contributed by atoms with van der Waals surface area (Å²) in [4.78, 5) is 30.1. The van der Waals surface area contributed by atoms with Crippen molar-refractivity contribution in [2.45, 2.75) is 26.7 Å². The molecule has 0 unspecified atom stereocenters. The maximum Gasteiger partial charge on any atom is 0.282 e. The molecule has 4 aromatic rings. The molecule has 0 spiro atoms. The average Bonchev–Trinajstić information content (AvgIpc) is 2.89. The maximum atomic E-state index is 13.8. The second kappa shape index (κ2) is 12.0. The lowest BCUT2D eigenvalue weighted by Gasteiger charge is -2.13. The Kier molecular flexibility index (Phi) is 8.52. The Labute approximate surface area is 227 Å². The molecule has 10 heteroatoms. The number of rotatable bonds is 9.